The van der Waals surface area contributed by atoms with Crippen molar-refractivity contribution in [1.82, 2.24) is 0 Å². The van der Waals surface area contributed by atoms with E-state index in [1.54, 1.807) is 36.4 Å². The minimum Gasteiger partial charge on any atom is -0.350 e. The standard InChI is InChI=1S/C12H12N4O2S2/c13-11(17)15(19)9-3-1-7-5-10(16(20)12(14)18)4-2-8(7)6-9/h1-6,19-20H,(H2,13,17)(H2,14,18). The lowest BCUT2D eigenvalue weighted by molar-refractivity contribution is 0.256. The molecule has 0 radical (unpaired) electrons. The van der Waals surface area contributed by atoms with Crippen molar-refractivity contribution in [3.05, 3.63) is 36.4 Å². The number of hydrogen-bond donors (Lipinski definition) is 4. The molecule has 0 aliphatic carbocycles. The van der Waals surface area contributed by atoms with Gasteiger partial charge in [0.2, 0.25) is 0 Å². The van der Waals surface area contributed by atoms with Crippen LogP contribution < -0.4 is 20.1 Å². The van der Waals surface area contributed by atoms with E-state index in [-0.39, 0.29) is 0 Å². The topological polar surface area (TPSA) is 92.7 Å². The zero-order valence-corrected chi connectivity index (χ0v) is 12.0. The summed E-state index contributed by atoms with van der Waals surface area (Å²) in [5.74, 6) is 0. The molecule has 2 rings (SSSR count). The summed E-state index contributed by atoms with van der Waals surface area (Å²) in [7, 11) is 0. The number of primary amides is 2. The van der Waals surface area contributed by atoms with Gasteiger partial charge in [-0.1, -0.05) is 37.8 Å². The smallest absolute Gasteiger partial charge is 0.329 e. The van der Waals surface area contributed by atoms with E-state index in [0.717, 1.165) is 19.4 Å². The third-order valence-corrected chi connectivity index (χ3v) is 3.57. The maximum absolute atomic E-state index is 11.1. The lowest BCUT2D eigenvalue weighted by Crippen LogP contribution is -2.27. The molecule has 0 aliphatic rings. The van der Waals surface area contributed by atoms with Crippen molar-refractivity contribution in [2.24, 2.45) is 11.5 Å². The Bertz CT molecular complexity index is 633. The van der Waals surface area contributed by atoms with Crippen LogP contribution in [0.2, 0.25) is 0 Å². The fourth-order valence-corrected chi connectivity index (χ4v) is 1.99. The second kappa shape index (κ2) is 5.51. The van der Waals surface area contributed by atoms with Crippen molar-refractivity contribution >= 4 is 59.8 Å². The summed E-state index contributed by atoms with van der Waals surface area (Å²) in [5, 5.41) is 1.72. The lowest BCUT2D eigenvalue weighted by Gasteiger charge is -2.15. The highest BCUT2D eigenvalue weighted by Crippen LogP contribution is 2.27. The van der Waals surface area contributed by atoms with Crippen molar-refractivity contribution in [2.75, 3.05) is 8.61 Å². The summed E-state index contributed by atoms with van der Waals surface area (Å²) in [5.41, 5.74) is 11.4. The van der Waals surface area contributed by atoms with Gasteiger partial charge in [0, 0.05) is 0 Å². The first-order valence-electron chi connectivity index (χ1n) is 5.51. The molecule has 8 heteroatoms. The molecule has 20 heavy (non-hydrogen) atoms. The van der Waals surface area contributed by atoms with Gasteiger partial charge in [0.15, 0.2) is 0 Å². The van der Waals surface area contributed by atoms with Gasteiger partial charge in [-0.2, -0.15) is 0 Å². The van der Waals surface area contributed by atoms with Crippen LogP contribution in [0.25, 0.3) is 10.8 Å². The molecule has 0 spiro atoms. The maximum Gasteiger partial charge on any atom is 0.329 e. The third kappa shape index (κ3) is 2.75. The Kier molecular flexibility index (Phi) is 3.96. The van der Waals surface area contributed by atoms with E-state index in [9.17, 15) is 9.59 Å². The molecule has 2 aromatic carbocycles. The van der Waals surface area contributed by atoms with Gasteiger partial charge >= 0.3 is 12.1 Å². The van der Waals surface area contributed by atoms with E-state index in [2.05, 4.69) is 25.6 Å². The highest BCUT2D eigenvalue weighted by Gasteiger charge is 2.10. The van der Waals surface area contributed by atoms with Crippen molar-refractivity contribution < 1.29 is 9.59 Å². The predicted molar refractivity (Wildman–Crippen MR) is 86.0 cm³/mol. The minimum absolute atomic E-state index is 0.554. The Hall–Kier alpha value is -2.06. The average Bonchev–Trinajstić information content (AvgIpc) is 2.44. The Morgan fingerprint density at radius 3 is 1.45 bits per heavy atom. The molecule has 4 N–H and O–H groups in total. The highest BCUT2D eigenvalue weighted by molar-refractivity contribution is 7.82. The van der Waals surface area contributed by atoms with Gasteiger partial charge in [-0.25, -0.2) is 18.2 Å². The zero-order chi connectivity index (χ0) is 14.9. The van der Waals surface area contributed by atoms with E-state index in [4.69, 9.17) is 11.5 Å². The molecule has 0 unspecified atom stereocenters. The summed E-state index contributed by atoms with van der Waals surface area (Å²) in [6.07, 6.45) is 0. The van der Waals surface area contributed by atoms with Crippen molar-refractivity contribution in [3.8, 4) is 0 Å². The van der Waals surface area contributed by atoms with Crippen molar-refractivity contribution in [3.63, 3.8) is 0 Å². The predicted octanol–water partition coefficient (Wildman–Crippen LogP) is 2.30. The summed E-state index contributed by atoms with van der Waals surface area (Å²) in [6.45, 7) is 0. The lowest BCUT2D eigenvalue weighted by atomic mass is 10.1. The molecule has 2 aromatic rings. The van der Waals surface area contributed by atoms with Gasteiger partial charge in [0.1, 0.15) is 0 Å². The number of fused-ring (bicyclic) bond motifs is 1. The van der Waals surface area contributed by atoms with Crippen LogP contribution in [0.15, 0.2) is 36.4 Å². The zero-order valence-electron chi connectivity index (χ0n) is 10.2. The largest absolute Gasteiger partial charge is 0.350 e. The van der Waals surface area contributed by atoms with Gasteiger partial charge in [-0.05, 0) is 35.0 Å². The van der Waals surface area contributed by atoms with E-state index >= 15 is 0 Å². The minimum atomic E-state index is -0.667. The van der Waals surface area contributed by atoms with E-state index in [0.29, 0.717) is 11.4 Å². The van der Waals surface area contributed by atoms with Gasteiger partial charge < -0.3 is 11.5 Å². The molecule has 6 nitrogen and oxygen atoms in total. The molecule has 0 fully saturated rings. The first-order valence-corrected chi connectivity index (χ1v) is 6.31. The summed E-state index contributed by atoms with van der Waals surface area (Å²) < 4.78 is 2.09. The van der Waals surface area contributed by atoms with E-state index in [1.165, 1.54) is 0 Å². The molecule has 0 aromatic heterocycles. The van der Waals surface area contributed by atoms with Gasteiger partial charge in [0.05, 0.1) is 11.4 Å². The molecule has 0 atom stereocenters. The highest BCUT2D eigenvalue weighted by atomic mass is 32.1. The van der Waals surface area contributed by atoms with Crippen LogP contribution in [-0.4, -0.2) is 12.1 Å². The Morgan fingerprint density at radius 1 is 0.800 bits per heavy atom. The molecular weight excluding hydrogens is 296 g/mol. The van der Waals surface area contributed by atoms with Crippen molar-refractivity contribution in [2.45, 2.75) is 0 Å². The number of urea groups is 2. The summed E-state index contributed by atoms with van der Waals surface area (Å²) in [6, 6.07) is 9.12. The van der Waals surface area contributed by atoms with Gasteiger partial charge in [-0.3, -0.25) is 0 Å². The van der Waals surface area contributed by atoms with E-state index < -0.39 is 12.1 Å². The fourth-order valence-electron chi connectivity index (χ4n) is 1.74. The number of nitrogens with two attached hydrogens (primary N) is 2. The van der Waals surface area contributed by atoms with Crippen LogP contribution in [-0.2, 0) is 0 Å². The Morgan fingerprint density at radius 2 is 1.15 bits per heavy atom. The molecule has 0 heterocycles. The fraction of sp³-hybridized carbons (Fsp3) is 0. The van der Waals surface area contributed by atoms with Crippen molar-refractivity contribution in [1.29, 1.82) is 0 Å². The quantitative estimate of drug-likeness (QED) is 0.641. The number of hydrogen-bond acceptors (Lipinski definition) is 4. The third-order valence-electron chi connectivity index (χ3n) is 2.71. The van der Waals surface area contributed by atoms with Crippen LogP contribution in [0.4, 0.5) is 21.0 Å². The molecule has 0 aliphatic heterocycles. The second-order valence-corrected chi connectivity index (χ2v) is 4.82. The molecule has 0 saturated carbocycles. The molecule has 0 bridgehead atoms. The van der Waals surface area contributed by atoms with Crippen LogP contribution in [0.1, 0.15) is 0 Å². The number of nitrogens with zero attached hydrogens (tertiary/aromatic N) is 2. The van der Waals surface area contributed by atoms with E-state index in [1.807, 2.05) is 0 Å². The number of rotatable bonds is 2. The summed E-state index contributed by atoms with van der Waals surface area (Å²) in [4.78, 5) is 22.1. The Balaban J connectivity index is 2.44. The van der Waals surface area contributed by atoms with Crippen LogP contribution >= 0.6 is 25.6 Å². The normalized spacial score (nSPS) is 10.3. The maximum atomic E-state index is 11.1. The number of benzene rings is 2. The number of carbonyl (C=O) groups excluding carboxylic acids is 2. The SMILES string of the molecule is NC(=O)N(S)c1ccc2cc(N(S)C(N)=O)ccc2c1. The Labute approximate surface area is 126 Å². The number of amides is 4. The average molecular weight is 308 g/mol. The number of anilines is 2. The van der Waals surface area contributed by atoms with Gasteiger partial charge in [-0.15, -0.1) is 0 Å². The molecule has 0 saturated heterocycles. The molecule has 4 amide bonds. The monoisotopic (exact) mass is 308 g/mol. The first kappa shape index (κ1) is 14.4. The number of thiol groups is 2. The second-order valence-electron chi connectivity index (χ2n) is 4.02. The summed E-state index contributed by atoms with van der Waals surface area (Å²) >= 11 is 7.99. The number of carbonyl (C=O) groups is 2. The van der Waals surface area contributed by atoms with Crippen LogP contribution in [0.5, 0.6) is 0 Å². The van der Waals surface area contributed by atoms with Gasteiger partial charge in [0.25, 0.3) is 0 Å². The molecular formula is C12H12N4O2S2. The van der Waals surface area contributed by atoms with Crippen LogP contribution in [0.3, 0.4) is 0 Å². The molecule has 104 valence electrons. The van der Waals surface area contributed by atoms with Crippen LogP contribution in [0, 0.1) is 0 Å². The first-order chi connectivity index (χ1) is 9.40.